The maximum atomic E-state index is 10.2. The number of hydrogen-bond acceptors (Lipinski definition) is 3. The van der Waals surface area contributed by atoms with Gasteiger partial charge in [0.05, 0.1) is 11.8 Å². The molecule has 2 heterocycles. The fourth-order valence-corrected chi connectivity index (χ4v) is 1.37. The predicted octanol–water partition coefficient (Wildman–Crippen LogP) is 2.22. The molecule has 0 radical (unpaired) electrons. The zero-order valence-electron chi connectivity index (χ0n) is 6.66. The predicted molar refractivity (Wildman–Crippen MR) is 48.8 cm³/mol. The summed E-state index contributed by atoms with van der Waals surface area (Å²) in [6, 6.07) is 3.45. The van der Waals surface area contributed by atoms with Crippen LogP contribution in [0, 0.1) is 0 Å². The number of pyridine rings is 1. The van der Waals surface area contributed by atoms with Crippen LogP contribution >= 0.6 is 11.6 Å². The van der Waals surface area contributed by atoms with Crippen molar-refractivity contribution in [3.8, 4) is 0 Å². The molecular weight excluding hydrogens is 190 g/mol. The number of nitrogens with zero attached hydrogens (tertiary/aromatic N) is 1. The molecule has 66 valence electrons. The molecule has 3 nitrogen and oxygen atoms in total. The number of carbonyl (C=O) groups excluding carboxylic acids is 1. The topological polar surface area (TPSA) is 43.1 Å². The Balaban J connectivity index is 2.61. The van der Waals surface area contributed by atoms with Crippen LogP contribution in [0.1, 0.15) is 5.76 Å². The largest absolute Gasteiger partial charge is 0.460 e. The lowest BCUT2D eigenvalue weighted by molar-refractivity contribution is -0.107. The van der Waals surface area contributed by atoms with Crippen LogP contribution in [0.4, 0.5) is 0 Å². The summed E-state index contributed by atoms with van der Waals surface area (Å²) in [5, 5.41) is 1.15. The van der Waals surface area contributed by atoms with Crippen molar-refractivity contribution >= 4 is 28.9 Å². The lowest BCUT2D eigenvalue weighted by atomic mass is 10.3. The summed E-state index contributed by atoms with van der Waals surface area (Å²) in [5.41, 5.74) is 0.664. The molecule has 13 heavy (non-hydrogen) atoms. The zero-order valence-corrected chi connectivity index (χ0v) is 7.41. The number of halogens is 1. The summed E-state index contributed by atoms with van der Waals surface area (Å²) in [6.07, 6.45) is 2.63. The Morgan fingerprint density at radius 2 is 2.46 bits per heavy atom. The normalized spacial score (nSPS) is 10.5. The molecule has 4 heteroatoms. The first-order valence-electron chi connectivity index (χ1n) is 3.78. The van der Waals surface area contributed by atoms with E-state index in [1.54, 1.807) is 18.3 Å². The average molecular weight is 196 g/mol. The summed E-state index contributed by atoms with van der Waals surface area (Å²) in [4.78, 5) is 14.1. The van der Waals surface area contributed by atoms with E-state index in [1.165, 1.54) is 0 Å². The molecule has 0 aromatic carbocycles. The van der Waals surface area contributed by atoms with Gasteiger partial charge < -0.3 is 9.21 Å². The van der Waals surface area contributed by atoms with E-state index in [0.29, 0.717) is 16.5 Å². The van der Waals surface area contributed by atoms with E-state index < -0.39 is 0 Å². The molecule has 0 atom stereocenters. The fraction of sp³-hybridized carbons (Fsp3) is 0.111. The number of rotatable bonds is 2. The summed E-state index contributed by atoms with van der Waals surface area (Å²) in [6.45, 7) is 0. The van der Waals surface area contributed by atoms with Crippen LogP contribution in [0.3, 0.4) is 0 Å². The zero-order chi connectivity index (χ0) is 9.26. The standard InChI is InChI=1S/C9H6ClNO2/c10-9-7-5-6(2-4-12)13-8(7)1-3-11-9/h1,3-5H,2H2. The lowest BCUT2D eigenvalue weighted by Crippen LogP contribution is -1.78. The highest BCUT2D eigenvalue weighted by atomic mass is 35.5. The Bertz CT molecular complexity index is 450. The van der Waals surface area contributed by atoms with Crippen molar-refractivity contribution in [3.05, 3.63) is 29.2 Å². The fourth-order valence-electron chi connectivity index (χ4n) is 1.17. The highest BCUT2D eigenvalue weighted by Gasteiger charge is 2.06. The first-order chi connectivity index (χ1) is 6.31. The Kier molecular flexibility index (Phi) is 2.02. The van der Waals surface area contributed by atoms with Gasteiger partial charge in [-0.05, 0) is 12.1 Å². The van der Waals surface area contributed by atoms with Crippen LogP contribution in [0.25, 0.3) is 11.0 Å². The van der Waals surface area contributed by atoms with Gasteiger partial charge in [-0.1, -0.05) is 11.6 Å². The molecule has 0 amide bonds. The highest BCUT2D eigenvalue weighted by Crippen LogP contribution is 2.24. The number of carbonyl (C=O) groups is 1. The van der Waals surface area contributed by atoms with Crippen molar-refractivity contribution in [2.45, 2.75) is 6.42 Å². The Labute approximate surface area is 79.3 Å². The van der Waals surface area contributed by atoms with Crippen molar-refractivity contribution in [3.63, 3.8) is 0 Å². The molecule has 2 aromatic rings. The van der Waals surface area contributed by atoms with Crippen LogP contribution in [0.5, 0.6) is 0 Å². The molecule has 2 aromatic heterocycles. The highest BCUT2D eigenvalue weighted by molar-refractivity contribution is 6.34. The first kappa shape index (κ1) is 8.26. The van der Waals surface area contributed by atoms with E-state index in [1.807, 2.05) is 0 Å². The summed E-state index contributed by atoms with van der Waals surface area (Å²) in [5.74, 6) is 0.611. The Morgan fingerprint density at radius 3 is 3.15 bits per heavy atom. The molecule has 0 N–H and O–H groups in total. The molecular formula is C9H6ClNO2. The van der Waals surface area contributed by atoms with Crippen LogP contribution < -0.4 is 0 Å². The minimum Gasteiger partial charge on any atom is -0.460 e. The SMILES string of the molecule is O=CCc1cc2c(Cl)nccc2o1. The Hall–Kier alpha value is -1.35. The number of fused-ring (bicyclic) bond motifs is 1. The third-order valence-corrected chi connectivity index (χ3v) is 2.03. The van der Waals surface area contributed by atoms with Crippen LogP contribution in [-0.2, 0) is 11.2 Å². The van der Waals surface area contributed by atoms with Crippen molar-refractivity contribution in [1.82, 2.24) is 4.98 Å². The van der Waals surface area contributed by atoms with E-state index in [2.05, 4.69) is 4.98 Å². The van der Waals surface area contributed by atoms with Gasteiger partial charge >= 0.3 is 0 Å². The second-order valence-electron chi connectivity index (χ2n) is 2.60. The summed E-state index contributed by atoms with van der Waals surface area (Å²) < 4.78 is 5.33. The molecule has 0 aliphatic rings. The van der Waals surface area contributed by atoms with Crippen LogP contribution in [0.15, 0.2) is 22.7 Å². The van der Waals surface area contributed by atoms with E-state index in [4.69, 9.17) is 16.0 Å². The third kappa shape index (κ3) is 1.42. The van der Waals surface area contributed by atoms with Gasteiger partial charge in [-0.15, -0.1) is 0 Å². The lowest BCUT2D eigenvalue weighted by Gasteiger charge is -1.87. The third-order valence-electron chi connectivity index (χ3n) is 1.73. The number of aldehydes is 1. The second kappa shape index (κ2) is 3.18. The van der Waals surface area contributed by atoms with Crippen molar-refractivity contribution < 1.29 is 9.21 Å². The van der Waals surface area contributed by atoms with E-state index in [0.717, 1.165) is 11.7 Å². The van der Waals surface area contributed by atoms with E-state index in [-0.39, 0.29) is 6.42 Å². The first-order valence-corrected chi connectivity index (χ1v) is 4.15. The Morgan fingerprint density at radius 1 is 1.62 bits per heavy atom. The smallest absolute Gasteiger partial charge is 0.140 e. The minimum absolute atomic E-state index is 0.269. The van der Waals surface area contributed by atoms with Gasteiger partial charge in [0.2, 0.25) is 0 Å². The van der Waals surface area contributed by atoms with Crippen molar-refractivity contribution in [2.75, 3.05) is 0 Å². The van der Waals surface area contributed by atoms with Crippen LogP contribution in [-0.4, -0.2) is 11.3 Å². The number of aromatic nitrogens is 1. The van der Waals surface area contributed by atoms with Gasteiger partial charge in [0.15, 0.2) is 0 Å². The van der Waals surface area contributed by atoms with Gasteiger partial charge in [0.25, 0.3) is 0 Å². The monoisotopic (exact) mass is 195 g/mol. The molecule has 0 fully saturated rings. The molecule has 0 saturated carbocycles. The van der Waals surface area contributed by atoms with Gasteiger partial charge in [-0.3, -0.25) is 0 Å². The summed E-state index contributed by atoms with van der Waals surface area (Å²) in [7, 11) is 0. The maximum Gasteiger partial charge on any atom is 0.140 e. The van der Waals surface area contributed by atoms with Gasteiger partial charge in [0, 0.05) is 6.20 Å². The molecule has 0 aliphatic heterocycles. The molecule has 0 aliphatic carbocycles. The van der Waals surface area contributed by atoms with Crippen molar-refractivity contribution in [2.24, 2.45) is 0 Å². The molecule has 0 spiro atoms. The van der Waals surface area contributed by atoms with E-state index >= 15 is 0 Å². The van der Waals surface area contributed by atoms with Crippen molar-refractivity contribution in [1.29, 1.82) is 0 Å². The minimum atomic E-state index is 0.269. The molecule has 0 bridgehead atoms. The van der Waals surface area contributed by atoms with E-state index in [9.17, 15) is 4.79 Å². The number of furan rings is 1. The molecule has 2 rings (SSSR count). The van der Waals surface area contributed by atoms with Gasteiger partial charge in [-0.25, -0.2) is 4.98 Å². The second-order valence-corrected chi connectivity index (χ2v) is 2.96. The maximum absolute atomic E-state index is 10.2. The number of hydrogen-bond donors (Lipinski definition) is 0. The van der Waals surface area contributed by atoms with Crippen LogP contribution in [0.2, 0.25) is 5.15 Å². The van der Waals surface area contributed by atoms with Gasteiger partial charge in [0.1, 0.15) is 22.8 Å². The summed E-state index contributed by atoms with van der Waals surface area (Å²) >= 11 is 5.81. The van der Waals surface area contributed by atoms with Gasteiger partial charge in [-0.2, -0.15) is 0 Å². The molecule has 0 saturated heterocycles. The molecule has 0 unspecified atom stereocenters. The quantitative estimate of drug-likeness (QED) is 0.545. The average Bonchev–Trinajstić information content (AvgIpc) is 2.49.